The van der Waals surface area contributed by atoms with Gasteiger partial charge in [0.2, 0.25) is 0 Å². The van der Waals surface area contributed by atoms with Gasteiger partial charge in [-0.1, -0.05) is 29.5 Å². The Morgan fingerprint density at radius 1 is 1.33 bits per heavy atom. The summed E-state index contributed by atoms with van der Waals surface area (Å²) in [5, 5.41) is 22.8. The molecule has 4 N–H and O–H groups in total. The summed E-state index contributed by atoms with van der Waals surface area (Å²) in [7, 11) is 0. The number of carbonyl (C=O) groups excluding carboxylic acids is 1. The van der Waals surface area contributed by atoms with Crippen LogP contribution in [0, 0.1) is 0 Å². The molecule has 0 bridgehead atoms. The second kappa shape index (κ2) is 8.11. The number of hydrogen-bond donors (Lipinski definition) is 4. The Hall–Kier alpha value is -1.41. The van der Waals surface area contributed by atoms with Crippen molar-refractivity contribution in [2.45, 2.75) is 17.0 Å². The smallest absolute Gasteiger partial charge is 0.321 e. The quantitative estimate of drug-likeness (QED) is 0.294. The van der Waals surface area contributed by atoms with Crippen LogP contribution in [-0.2, 0) is 17.0 Å². The maximum atomic E-state index is 13.1. The summed E-state index contributed by atoms with van der Waals surface area (Å²) < 4.78 is 23.3. The van der Waals surface area contributed by atoms with E-state index >= 15 is 0 Å². The van der Waals surface area contributed by atoms with Crippen molar-refractivity contribution < 1.29 is 24.0 Å². The number of benzene rings is 1. The molecule has 0 unspecified atom stereocenters. The zero-order valence-corrected chi connectivity index (χ0v) is 15.0. The molecule has 0 aliphatic rings. The first-order chi connectivity index (χ1) is 11.2. The molecule has 7 nitrogen and oxygen atoms in total. The van der Waals surface area contributed by atoms with Crippen LogP contribution in [0.1, 0.15) is 16.0 Å². The minimum Gasteiger partial charge on any atom is -0.334 e. The molecule has 1 aromatic heterocycles. The highest BCUT2D eigenvalue weighted by molar-refractivity contribution is 14.1. The van der Waals surface area contributed by atoms with Crippen molar-refractivity contribution in [2.75, 3.05) is 5.32 Å². The third kappa shape index (κ3) is 5.90. The fraction of sp³-hybridized carbons (Fsp3) is 0.231. The maximum Gasteiger partial charge on any atom is 0.321 e. The van der Waals surface area contributed by atoms with Gasteiger partial charge in [-0.05, 0) is 5.56 Å². The van der Waals surface area contributed by atoms with Gasteiger partial charge in [0.15, 0.2) is 5.13 Å². The molecule has 0 radical (unpaired) electrons. The van der Waals surface area contributed by atoms with Gasteiger partial charge < -0.3 is 5.32 Å². The van der Waals surface area contributed by atoms with Crippen LogP contribution in [0.25, 0.3) is 0 Å². The molecule has 0 atom stereocenters. The fourth-order valence-electron chi connectivity index (χ4n) is 1.71. The Morgan fingerprint density at radius 2 is 2.00 bits per heavy atom. The first-order valence-electron chi connectivity index (χ1n) is 6.55. The highest BCUT2D eigenvalue weighted by Gasteiger charge is 2.26. The molecule has 2 amide bonds. The Balaban J connectivity index is 1.83. The van der Waals surface area contributed by atoms with E-state index in [0.29, 0.717) is 15.6 Å². The van der Waals surface area contributed by atoms with Crippen LogP contribution < -0.4 is 10.6 Å². The number of hydroxylamine groups is 2. The zero-order valence-electron chi connectivity index (χ0n) is 12.0. The maximum absolute atomic E-state index is 13.1. The lowest BCUT2D eigenvalue weighted by Gasteiger charge is -2.10. The predicted molar refractivity (Wildman–Crippen MR) is 91.4 cm³/mol. The lowest BCUT2D eigenvalue weighted by molar-refractivity contribution is -0.314. The second-order valence-electron chi connectivity index (χ2n) is 4.66. The van der Waals surface area contributed by atoms with Crippen LogP contribution in [-0.4, -0.2) is 26.7 Å². The van der Waals surface area contributed by atoms with E-state index in [0.717, 1.165) is 33.9 Å². The van der Waals surface area contributed by atoms with Crippen LogP contribution in [0.5, 0.6) is 0 Å². The average molecular weight is 470 g/mol. The SMILES string of the molecule is O=C(NCc1ccc(C(F)(F)I)cc1)Nc1ncc(CN(O)O)s1. The third-order valence-electron chi connectivity index (χ3n) is 2.81. The van der Waals surface area contributed by atoms with Gasteiger partial charge in [0.25, 0.3) is 0 Å². The number of nitrogens with one attached hydrogen (secondary N) is 2. The van der Waals surface area contributed by atoms with E-state index in [-0.39, 0.29) is 23.9 Å². The summed E-state index contributed by atoms with van der Waals surface area (Å²) in [6.45, 7) is 0.0347. The number of thiazole rings is 1. The van der Waals surface area contributed by atoms with Gasteiger partial charge >= 0.3 is 9.96 Å². The summed E-state index contributed by atoms with van der Waals surface area (Å²) in [4.78, 5) is 16.2. The summed E-state index contributed by atoms with van der Waals surface area (Å²) >= 11 is 2.14. The number of aromatic nitrogens is 1. The molecule has 0 fully saturated rings. The van der Waals surface area contributed by atoms with Crippen LogP contribution in [0.4, 0.5) is 18.7 Å². The predicted octanol–water partition coefficient (Wildman–Crippen LogP) is 3.53. The number of rotatable bonds is 6. The van der Waals surface area contributed by atoms with Crippen LogP contribution in [0.2, 0.25) is 0 Å². The summed E-state index contributed by atoms with van der Waals surface area (Å²) in [6, 6.07) is 5.14. The van der Waals surface area contributed by atoms with Crippen LogP contribution in [0.3, 0.4) is 0 Å². The van der Waals surface area contributed by atoms with Crippen LogP contribution >= 0.6 is 33.9 Å². The van der Waals surface area contributed by atoms with Gasteiger partial charge in [-0.15, -0.1) is 11.3 Å². The minimum atomic E-state index is -2.93. The van der Waals surface area contributed by atoms with Crippen molar-refractivity contribution >= 4 is 45.1 Å². The molecular weight excluding hydrogens is 457 g/mol. The molecule has 0 aliphatic heterocycles. The van der Waals surface area contributed by atoms with Gasteiger partial charge in [-0.3, -0.25) is 15.7 Å². The Morgan fingerprint density at radius 3 is 2.58 bits per heavy atom. The number of carbonyl (C=O) groups is 1. The molecule has 1 aromatic carbocycles. The number of amides is 2. The van der Waals surface area contributed by atoms with E-state index in [9.17, 15) is 13.6 Å². The molecule has 1 heterocycles. The molecule has 130 valence electrons. The Kier molecular flexibility index (Phi) is 6.40. The van der Waals surface area contributed by atoms with Crippen LogP contribution in [0.15, 0.2) is 30.5 Å². The number of nitrogens with zero attached hydrogens (tertiary/aromatic N) is 2. The molecule has 0 spiro atoms. The second-order valence-corrected chi connectivity index (χ2v) is 7.13. The number of anilines is 1. The zero-order chi connectivity index (χ0) is 17.7. The van der Waals surface area contributed by atoms with Gasteiger partial charge in [-0.2, -0.15) is 8.78 Å². The summed E-state index contributed by atoms with van der Waals surface area (Å²) in [5.74, 6) is 0. The van der Waals surface area contributed by atoms with Crippen molar-refractivity contribution in [1.29, 1.82) is 0 Å². The largest absolute Gasteiger partial charge is 0.334 e. The van der Waals surface area contributed by atoms with Crippen molar-refractivity contribution in [3.8, 4) is 0 Å². The van der Waals surface area contributed by atoms with E-state index in [1.54, 1.807) is 0 Å². The monoisotopic (exact) mass is 470 g/mol. The first kappa shape index (κ1) is 18.9. The molecule has 0 saturated heterocycles. The van der Waals surface area contributed by atoms with E-state index < -0.39 is 9.96 Å². The molecule has 11 heteroatoms. The molecule has 2 aromatic rings. The Bertz CT molecular complexity index is 691. The first-order valence-corrected chi connectivity index (χ1v) is 8.44. The fourth-order valence-corrected chi connectivity index (χ4v) is 2.86. The highest BCUT2D eigenvalue weighted by Crippen LogP contribution is 2.34. The average Bonchev–Trinajstić information content (AvgIpc) is 2.91. The van der Waals surface area contributed by atoms with Crippen molar-refractivity contribution in [1.82, 2.24) is 15.5 Å². The number of hydrogen-bond acceptors (Lipinski definition) is 6. The van der Waals surface area contributed by atoms with E-state index in [4.69, 9.17) is 10.4 Å². The third-order valence-corrected chi connectivity index (χ3v) is 4.33. The van der Waals surface area contributed by atoms with E-state index in [1.807, 2.05) is 0 Å². The highest BCUT2D eigenvalue weighted by atomic mass is 127. The lowest BCUT2D eigenvalue weighted by atomic mass is 10.1. The van der Waals surface area contributed by atoms with Gasteiger partial charge in [0.1, 0.15) is 0 Å². The van der Waals surface area contributed by atoms with Gasteiger partial charge in [0, 0.05) is 45.8 Å². The summed E-state index contributed by atoms with van der Waals surface area (Å²) in [6.07, 6.45) is 1.41. The Labute approximate surface area is 153 Å². The topological polar surface area (TPSA) is 97.7 Å². The standard InChI is InChI=1S/C13H13F2IN4O3S/c14-13(15,16)9-3-1-8(2-4-9)5-17-11(21)19-12-18-6-10(24-12)7-20(22)23/h1-4,6,22-23H,5,7H2,(H2,17,18,19,21). The van der Waals surface area contributed by atoms with E-state index in [1.165, 1.54) is 30.5 Å². The number of halogens is 3. The van der Waals surface area contributed by atoms with Crippen molar-refractivity contribution in [2.24, 2.45) is 0 Å². The normalized spacial score (nSPS) is 11.6. The summed E-state index contributed by atoms with van der Waals surface area (Å²) in [5.41, 5.74) is 0.569. The minimum absolute atomic E-state index is 0.0142. The number of alkyl halides is 3. The van der Waals surface area contributed by atoms with E-state index in [2.05, 4.69) is 15.6 Å². The van der Waals surface area contributed by atoms with Crippen molar-refractivity contribution in [3.63, 3.8) is 0 Å². The molecule has 0 saturated carbocycles. The molecule has 24 heavy (non-hydrogen) atoms. The molecule has 2 rings (SSSR count). The molecular formula is C13H13F2IN4O3S. The molecule has 0 aliphatic carbocycles. The van der Waals surface area contributed by atoms with Gasteiger partial charge in [-0.25, -0.2) is 9.78 Å². The van der Waals surface area contributed by atoms with Crippen molar-refractivity contribution in [3.05, 3.63) is 46.5 Å². The number of urea groups is 1. The lowest BCUT2D eigenvalue weighted by Crippen LogP contribution is -2.28. The van der Waals surface area contributed by atoms with Gasteiger partial charge in [0.05, 0.1) is 6.54 Å².